The number of aromatic nitrogens is 6. The number of rotatable bonds is 7. The summed E-state index contributed by atoms with van der Waals surface area (Å²) in [5.74, 6) is -0.185. The van der Waals surface area contributed by atoms with Crippen LogP contribution in [-0.4, -0.2) is 43.9 Å². The van der Waals surface area contributed by atoms with Crippen LogP contribution < -0.4 is 15.6 Å². The summed E-state index contributed by atoms with van der Waals surface area (Å²) in [5, 5.41) is 10.8. The van der Waals surface area contributed by atoms with Crippen molar-refractivity contribution in [2.75, 3.05) is 10.0 Å². The monoisotopic (exact) mass is 452 g/mol. The average molecular weight is 452 g/mol. The summed E-state index contributed by atoms with van der Waals surface area (Å²) in [6.07, 6.45) is 6.05. The molecule has 0 aliphatic rings. The molecule has 0 aliphatic carbocycles. The third kappa shape index (κ3) is 4.84. The van der Waals surface area contributed by atoms with Crippen molar-refractivity contribution < 1.29 is 13.2 Å². The zero-order valence-electron chi connectivity index (χ0n) is 16.4. The van der Waals surface area contributed by atoms with Crippen molar-refractivity contribution in [1.29, 1.82) is 0 Å². The topological polar surface area (TPSA) is 154 Å². The maximum atomic E-state index is 12.4. The molecule has 0 unspecified atom stereocenters. The Morgan fingerprint density at radius 1 is 0.969 bits per heavy atom. The zero-order valence-corrected chi connectivity index (χ0v) is 17.2. The number of sulfonamides is 1. The Kier molecular flexibility index (Phi) is 5.72. The maximum Gasteiger partial charge on any atom is 0.267 e. The normalized spacial score (nSPS) is 11.1. The molecule has 2 N–H and O–H groups in total. The van der Waals surface area contributed by atoms with Gasteiger partial charge in [-0.05, 0) is 42.5 Å². The molecule has 12 nitrogen and oxygen atoms in total. The zero-order chi connectivity index (χ0) is 22.6. The van der Waals surface area contributed by atoms with E-state index >= 15 is 0 Å². The van der Waals surface area contributed by atoms with Crippen LogP contribution in [0, 0.1) is 0 Å². The number of hydrogen-bond donors (Lipinski definition) is 2. The van der Waals surface area contributed by atoms with Crippen LogP contribution in [0.15, 0.2) is 83.0 Å². The standard InChI is InChI=1S/C19H16N8O4S/c28-17(13-27-18(29)8-7-16(24-27)26-12-2-11-22-26)23-14-3-5-15(6-4-14)32(30,31)25-19-20-9-1-10-21-19/h1-12H,13H2,(H,23,28)(H,20,21,25). The Bertz CT molecular complexity index is 1390. The number of anilines is 2. The molecule has 3 heterocycles. The average Bonchev–Trinajstić information content (AvgIpc) is 3.31. The molecule has 0 fully saturated rings. The Morgan fingerprint density at radius 3 is 2.41 bits per heavy atom. The van der Waals surface area contributed by atoms with Crippen LogP contribution in [0.1, 0.15) is 0 Å². The largest absolute Gasteiger partial charge is 0.324 e. The van der Waals surface area contributed by atoms with Gasteiger partial charge in [-0.1, -0.05) is 0 Å². The molecule has 3 aromatic heterocycles. The highest BCUT2D eigenvalue weighted by Crippen LogP contribution is 2.16. The van der Waals surface area contributed by atoms with Gasteiger partial charge in [0.15, 0.2) is 5.82 Å². The molecule has 1 aromatic carbocycles. The smallest absolute Gasteiger partial charge is 0.267 e. The van der Waals surface area contributed by atoms with Gasteiger partial charge in [-0.2, -0.15) is 5.10 Å². The minimum atomic E-state index is -3.89. The lowest BCUT2D eigenvalue weighted by atomic mass is 10.3. The molecular weight excluding hydrogens is 436 g/mol. The summed E-state index contributed by atoms with van der Waals surface area (Å²) in [7, 11) is -3.89. The highest BCUT2D eigenvalue weighted by atomic mass is 32.2. The van der Waals surface area contributed by atoms with Crippen LogP contribution in [0.4, 0.5) is 11.6 Å². The second-order valence-electron chi connectivity index (χ2n) is 6.39. The Balaban J connectivity index is 1.43. The van der Waals surface area contributed by atoms with E-state index in [1.165, 1.54) is 53.5 Å². The third-order valence-corrected chi connectivity index (χ3v) is 5.47. The van der Waals surface area contributed by atoms with E-state index in [-0.39, 0.29) is 17.4 Å². The van der Waals surface area contributed by atoms with Crippen molar-refractivity contribution in [2.45, 2.75) is 11.4 Å². The molecule has 0 spiro atoms. The predicted octanol–water partition coefficient (Wildman–Crippen LogP) is 0.658. The molecule has 0 bridgehead atoms. The minimum absolute atomic E-state index is 0.0345. The molecule has 0 atom stereocenters. The summed E-state index contributed by atoms with van der Waals surface area (Å²) in [6, 6.07) is 11.6. The van der Waals surface area contributed by atoms with Crippen molar-refractivity contribution in [3.05, 3.63) is 83.7 Å². The first kappa shape index (κ1) is 20.9. The first-order valence-corrected chi connectivity index (χ1v) is 10.7. The number of nitrogens with zero attached hydrogens (tertiary/aromatic N) is 6. The number of hydrogen-bond acceptors (Lipinski definition) is 8. The van der Waals surface area contributed by atoms with Crippen molar-refractivity contribution in [3.8, 4) is 5.82 Å². The van der Waals surface area contributed by atoms with Crippen molar-refractivity contribution in [3.63, 3.8) is 0 Å². The molecule has 162 valence electrons. The fourth-order valence-corrected chi connectivity index (χ4v) is 3.62. The quantitative estimate of drug-likeness (QED) is 0.414. The highest BCUT2D eigenvalue weighted by Gasteiger charge is 2.16. The second kappa shape index (κ2) is 8.77. The molecule has 4 aromatic rings. The second-order valence-corrected chi connectivity index (χ2v) is 8.07. The number of carbonyl (C=O) groups excluding carboxylic acids is 1. The van der Waals surface area contributed by atoms with Gasteiger partial charge in [0, 0.05) is 36.5 Å². The van der Waals surface area contributed by atoms with Crippen molar-refractivity contribution >= 4 is 27.6 Å². The summed E-state index contributed by atoms with van der Waals surface area (Å²) in [5.41, 5.74) is -0.104. The molecule has 4 rings (SSSR count). The van der Waals surface area contributed by atoms with Crippen LogP contribution in [0.25, 0.3) is 5.82 Å². The number of carbonyl (C=O) groups is 1. The minimum Gasteiger partial charge on any atom is -0.324 e. The van der Waals surface area contributed by atoms with E-state index in [0.29, 0.717) is 11.5 Å². The number of benzene rings is 1. The van der Waals surface area contributed by atoms with Crippen LogP contribution >= 0.6 is 0 Å². The van der Waals surface area contributed by atoms with Gasteiger partial charge in [0.25, 0.3) is 15.6 Å². The summed E-state index contributed by atoms with van der Waals surface area (Å²) in [6.45, 7) is -0.332. The van der Waals surface area contributed by atoms with E-state index in [9.17, 15) is 18.0 Å². The fraction of sp³-hybridized carbons (Fsp3) is 0.0526. The van der Waals surface area contributed by atoms with Gasteiger partial charge in [-0.15, -0.1) is 5.10 Å². The van der Waals surface area contributed by atoms with Crippen LogP contribution in [0.5, 0.6) is 0 Å². The van der Waals surface area contributed by atoms with Gasteiger partial charge >= 0.3 is 0 Å². The Morgan fingerprint density at radius 2 is 1.72 bits per heavy atom. The van der Waals surface area contributed by atoms with E-state index < -0.39 is 21.5 Å². The Labute approximate surface area is 181 Å². The summed E-state index contributed by atoms with van der Waals surface area (Å²) in [4.78, 5) is 32.0. The lowest BCUT2D eigenvalue weighted by Gasteiger charge is -2.09. The molecule has 0 saturated carbocycles. The predicted molar refractivity (Wildman–Crippen MR) is 114 cm³/mol. The van der Waals surface area contributed by atoms with Crippen molar-refractivity contribution in [2.24, 2.45) is 0 Å². The third-order valence-electron chi connectivity index (χ3n) is 4.12. The number of nitrogens with one attached hydrogen (secondary N) is 2. The first-order valence-electron chi connectivity index (χ1n) is 9.19. The van der Waals surface area contributed by atoms with Crippen molar-refractivity contribution in [1.82, 2.24) is 29.5 Å². The lowest BCUT2D eigenvalue weighted by Crippen LogP contribution is -2.30. The summed E-state index contributed by atoms with van der Waals surface area (Å²) >= 11 is 0. The van der Waals surface area contributed by atoms with Gasteiger partial charge in [-0.3, -0.25) is 9.59 Å². The highest BCUT2D eigenvalue weighted by molar-refractivity contribution is 7.92. The fourth-order valence-electron chi connectivity index (χ4n) is 2.66. The van der Waals surface area contributed by atoms with Crippen LogP contribution in [0.3, 0.4) is 0 Å². The summed E-state index contributed by atoms with van der Waals surface area (Å²) < 4.78 is 29.6. The van der Waals surface area contributed by atoms with Gasteiger partial charge in [0.2, 0.25) is 11.9 Å². The van der Waals surface area contributed by atoms with Gasteiger partial charge in [0.1, 0.15) is 6.54 Å². The molecule has 0 saturated heterocycles. The Hall–Kier alpha value is -4.39. The first-order chi connectivity index (χ1) is 15.4. The molecular formula is C19H16N8O4S. The van der Waals surface area contributed by atoms with Crippen LogP contribution in [-0.2, 0) is 21.4 Å². The molecule has 1 amide bonds. The molecule has 32 heavy (non-hydrogen) atoms. The van der Waals surface area contributed by atoms with Gasteiger partial charge < -0.3 is 5.32 Å². The SMILES string of the molecule is O=C(Cn1nc(-n2cccn2)ccc1=O)Nc1ccc(S(=O)(=O)Nc2ncccn2)cc1. The lowest BCUT2D eigenvalue weighted by molar-refractivity contribution is -0.117. The van der Waals surface area contributed by atoms with E-state index in [0.717, 1.165) is 4.68 Å². The van der Waals surface area contributed by atoms with E-state index in [1.807, 2.05) is 0 Å². The van der Waals surface area contributed by atoms with Gasteiger partial charge in [0.05, 0.1) is 4.90 Å². The molecule has 13 heteroatoms. The number of amides is 1. The molecule has 0 aliphatic heterocycles. The van der Waals surface area contributed by atoms with Gasteiger partial charge in [-0.25, -0.2) is 32.5 Å². The van der Waals surface area contributed by atoms with Crippen LogP contribution in [0.2, 0.25) is 0 Å². The van der Waals surface area contributed by atoms with E-state index in [1.54, 1.807) is 24.5 Å². The maximum absolute atomic E-state index is 12.4. The van der Waals surface area contributed by atoms with E-state index in [2.05, 4.69) is 30.2 Å². The van der Waals surface area contributed by atoms with E-state index in [4.69, 9.17) is 0 Å². The molecule has 0 radical (unpaired) electrons.